The van der Waals surface area contributed by atoms with Gasteiger partial charge in [-0.1, -0.05) is 81.1 Å². The largest absolute Gasteiger partial charge is 0.497 e. The summed E-state index contributed by atoms with van der Waals surface area (Å²) in [6, 6.07) is 17.4. The average Bonchev–Trinajstić information content (AvgIpc) is 2.83. The van der Waals surface area contributed by atoms with Crippen molar-refractivity contribution >= 4 is 0 Å². The first-order valence-corrected chi connectivity index (χ1v) is 11.9. The molecule has 1 saturated carbocycles. The molecule has 3 aromatic rings. The summed E-state index contributed by atoms with van der Waals surface area (Å²) in [4.78, 5) is 0. The fraction of sp³-hybridized carbons (Fsp3) is 0.379. The van der Waals surface area contributed by atoms with Gasteiger partial charge in [-0.05, 0) is 59.1 Å². The molecule has 0 radical (unpaired) electrons. The van der Waals surface area contributed by atoms with E-state index in [9.17, 15) is 13.2 Å². The predicted octanol–water partition coefficient (Wildman–Crippen LogP) is 8.95. The Labute approximate surface area is 198 Å². The minimum atomic E-state index is -4.74. The number of rotatable bonds is 6. The van der Waals surface area contributed by atoms with E-state index in [1.807, 2.05) is 24.3 Å². The molecule has 34 heavy (non-hydrogen) atoms. The maximum absolute atomic E-state index is 15.3. The highest BCUT2D eigenvalue weighted by Gasteiger charge is 2.38. The van der Waals surface area contributed by atoms with Gasteiger partial charge in [0.2, 0.25) is 0 Å². The molecule has 0 unspecified atom stereocenters. The summed E-state index contributed by atoms with van der Waals surface area (Å²) in [5.74, 6) is 0.667. The van der Waals surface area contributed by atoms with Crippen molar-refractivity contribution in [2.45, 2.75) is 51.6 Å². The second kappa shape index (κ2) is 10.2. The van der Waals surface area contributed by atoms with Gasteiger partial charge in [0.05, 0.1) is 12.7 Å². The summed E-state index contributed by atoms with van der Waals surface area (Å²) in [5, 5.41) is 0. The van der Waals surface area contributed by atoms with E-state index in [0.29, 0.717) is 23.8 Å². The third kappa shape index (κ3) is 5.45. The van der Waals surface area contributed by atoms with E-state index in [-0.39, 0.29) is 17.5 Å². The maximum atomic E-state index is 15.3. The van der Waals surface area contributed by atoms with E-state index in [1.165, 1.54) is 12.1 Å². The minimum Gasteiger partial charge on any atom is -0.497 e. The van der Waals surface area contributed by atoms with E-state index >= 15 is 4.39 Å². The highest BCUT2D eigenvalue weighted by Crippen LogP contribution is 2.40. The smallest absolute Gasteiger partial charge is 0.419 e. The van der Waals surface area contributed by atoms with E-state index < -0.39 is 17.6 Å². The fourth-order valence-electron chi connectivity index (χ4n) is 4.96. The van der Waals surface area contributed by atoms with Crippen molar-refractivity contribution in [3.8, 4) is 28.0 Å². The second-order valence-corrected chi connectivity index (χ2v) is 9.43. The summed E-state index contributed by atoms with van der Waals surface area (Å²) in [7, 11) is 1.59. The van der Waals surface area contributed by atoms with Gasteiger partial charge in [0.25, 0.3) is 0 Å². The summed E-state index contributed by atoms with van der Waals surface area (Å²) in [5.41, 5.74) is 1.17. The number of methoxy groups -OCH3 is 1. The van der Waals surface area contributed by atoms with E-state index in [4.69, 9.17) is 4.74 Å². The molecule has 0 spiro atoms. The van der Waals surface area contributed by atoms with Gasteiger partial charge >= 0.3 is 6.18 Å². The van der Waals surface area contributed by atoms with Crippen LogP contribution in [-0.4, -0.2) is 7.11 Å². The molecule has 0 aliphatic heterocycles. The predicted molar refractivity (Wildman–Crippen MR) is 128 cm³/mol. The van der Waals surface area contributed by atoms with Crippen molar-refractivity contribution < 1.29 is 22.3 Å². The Kier molecular flexibility index (Phi) is 7.30. The number of alkyl halides is 3. The van der Waals surface area contributed by atoms with Crippen LogP contribution in [0.1, 0.15) is 50.2 Å². The van der Waals surface area contributed by atoms with Crippen LogP contribution < -0.4 is 4.74 Å². The van der Waals surface area contributed by atoms with Crippen LogP contribution in [0.3, 0.4) is 0 Å². The average molecular weight is 471 g/mol. The van der Waals surface area contributed by atoms with Crippen LogP contribution in [0, 0.1) is 17.7 Å². The van der Waals surface area contributed by atoms with Gasteiger partial charge in [0.1, 0.15) is 11.6 Å². The molecule has 0 N–H and O–H groups in total. The summed E-state index contributed by atoms with van der Waals surface area (Å²) < 4.78 is 62.2. The number of benzene rings is 3. The number of halogens is 4. The summed E-state index contributed by atoms with van der Waals surface area (Å²) >= 11 is 0. The molecular formula is C29H30F4O. The van der Waals surface area contributed by atoms with Crippen molar-refractivity contribution in [2.75, 3.05) is 7.11 Å². The first kappa shape index (κ1) is 24.3. The SMILES string of the molecule is COc1ccc(-c2ccc(-c3ccc(CCC4CCC(C)CC4)c(C(F)(F)F)c3F)cc2)cc1. The Morgan fingerprint density at radius 1 is 0.794 bits per heavy atom. The second-order valence-electron chi connectivity index (χ2n) is 9.43. The third-order valence-electron chi connectivity index (χ3n) is 7.09. The van der Waals surface area contributed by atoms with E-state index in [1.54, 1.807) is 31.4 Å². The molecule has 1 aliphatic rings. The normalized spacial score (nSPS) is 18.6. The van der Waals surface area contributed by atoms with Crippen molar-refractivity contribution in [1.82, 2.24) is 0 Å². The lowest BCUT2D eigenvalue weighted by atomic mass is 9.80. The van der Waals surface area contributed by atoms with Gasteiger partial charge < -0.3 is 4.74 Å². The van der Waals surface area contributed by atoms with Gasteiger partial charge in [-0.15, -0.1) is 0 Å². The lowest BCUT2D eigenvalue weighted by Gasteiger charge is -2.26. The first-order valence-electron chi connectivity index (χ1n) is 11.9. The monoisotopic (exact) mass is 470 g/mol. The molecule has 4 rings (SSSR count). The quantitative estimate of drug-likeness (QED) is 0.327. The maximum Gasteiger partial charge on any atom is 0.419 e. The summed E-state index contributed by atoms with van der Waals surface area (Å²) in [6.07, 6.45) is 0.521. The van der Waals surface area contributed by atoms with Gasteiger partial charge in [-0.25, -0.2) is 4.39 Å². The standard InChI is InChI=1S/C29H30F4O/c1-19-3-5-20(6-4-19)7-8-24-15-18-26(28(30)27(24)29(31,32)33)23-11-9-21(10-12-23)22-13-16-25(34-2)17-14-22/h9-20H,3-8H2,1-2H3. The highest BCUT2D eigenvalue weighted by atomic mass is 19.4. The van der Waals surface area contributed by atoms with Crippen molar-refractivity contribution in [3.63, 3.8) is 0 Å². The lowest BCUT2D eigenvalue weighted by Crippen LogP contribution is -2.16. The van der Waals surface area contributed by atoms with Crippen LogP contribution in [0.2, 0.25) is 0 Å². The van der Waals surface area contributed by atoms with Crippen molar-refractivity contribution in [3.05, 3.63) is 77.6 Å². The van der Waals surface area contributed by atoms with Crippen LogP contribution in [0.25, 0.3) is 22.3 Å². The minimum absolute atomic E-state index is 0.0242. The Morgan fingerprint density at radius 3 is 1.91 bits per heavy atom. The number of hydrogen-bond donors (Lipinski definition) is 0. The molecule has 5 heteroatoms. The van der Waals surface area contributed by atoms with E-state index in [2.05, 4.69) is 6.92 Å². The topological polar surface area (TPSA) is 9.23 Å². The lowest BCUT2D eigenvalue weighted by molar-refractivity contribution is -0.140. The molecule has 0 bridgehead atoms. The molecule has 1 nitrogen and oxygen atoms in total. The van der Waals surface area contributed by atoms with Gasteiger partial charge in [-0.2, -0.15) is 13.2 Å². The molecule has 1 fully saturated rings. The molecule has 180 valence electrons. The fourth-order valence-corrected chi connectivity index (χ4v) is 4.96. The van der Waals surface area contributed by atoms with Crippen LogP contribution in [-0.2, 0) is 12.6 Å². The van der Waals surface area contributed by atoms with E-state index in [0.717, 1.165) is 42.6 Å². The molecule has 0 amide bonds. The van der Waals surface area contributed by atoms with Crippen LogP contribution in [0.15, 0.2) is 60.7 Å². The van der Waals surface area contributed by atoms with Crippen LogP contribution >= 0.6 is 0 Å². The number of hydrogen-bond acceptors (Lipinski definition) is 1. The molecule has 0 aromatic heterocycles. The number of ether oxygens (including phenoxy) is 1. The van der Waals surface area contributed by atoms with Crippen LogP contribution in [0.5, 0.6) is 5.75 Å². The Morgan fingerprint density at radius 2 is 1.35 bits per heavy atom. The van der Waals surface area contributed by atoms with Gasteiger partial charge in [0.15, 0.2) is 0 Å². The Balaban J connectivity index is 1.58. The third-order valence-corrected chi connectivity index (χ3v) is 7.09. The highest BCUT2D eigenvalue weighted by molar-refractivity contribution is 5.72. The Bertz CT molecular complexity index is 1090. The molecule has 3 aromatic carbocycles. The zero-order valence-corrected chi connectivity index (χ0v) is 19.6. The van der Waals surface area contributed by atoms with Crippen molar-refractivity contribution in [1.29, 1.82) is 0 Å². The van der Waals surface area contributed by atoms with Crippen LogP contribution in [0.4, 0.5) is 17.6 Å². The molecule has 0 saturated heterocycles. The zero-order valence-electron chi connectivity index (χ0n) is 19.6. The van der Waals surface area contributed by atoms with Gasteiger partial charge in [-0.3, -0.25) is 0 Å². The molecule has 0 atom stereocenters. The number of aryl methyl sites for hydroxylation is 1. The van der Waals surface area contributed by atoms with Gasteiger partial charge in [0, 0.05) is 5.56 Å². The molecular weight excluding hydrogens is 440 g/mol. The molecule has 0 heterocycles. The molecule has 1 aliphatic carbocycles. The zero-order chi connectivity index (χ0) is 24.3. The summed E-state index contributed by atoms with van der Waals surface area (Å²) in [6.45, 7) is 2.22. The Hall–Kier alpha value is -2.82. The van der Waals surface area contributed by atoms with Crippen molar-refractivity contribution in [2.24, 2.45) is 11.8 Å². The first-order chi connectivity index (χ1) is 16.3.